The van der Waals surface area contributed by atoms with Gasteiger partial charge in [-0.2, -0.15) is 0 Å². The third-order valence-electron chi connectivity index (χ3n) is 4.94. The van der Waals surface area contributed by atoms with Gasteiger partial charge in [0.15, 0.2) is 11.0 Å². The molecule has 4 rings (SSSR count). The van der Waals surface area contributed by atoms with Gasteiger partial charge in [0.2, 0.25) is 5.91 Å². The summed E-state index contributed by atoms with van der Waals surface area (Å²) in [7, 11) is 0. The Kier molecular flexibility index (Phi) is 6.78. The first kappa shape index (κ1) is 20.6. The predicted octanol–water partition coefficient (Wildman–Crippen LogP) is 3.14. The second kappa shape index (κ2) is 9.88. The number of morpholine rings is 1. The van der Waals surface area contributed by atoms with Crippen LogP contribution in [0.3, 0.4) is 0 Å². The number of aryl methyl sites for hydroxylation is 1. The Morgan fingerprint density at radius 2 is 1.80 bits per heavy atom. The molecule has 1 amide bonds. The van der Waals surface area contributed by atoms with Crippen molar-refractivity contribution in [3.63, 3.8) is 0 Å². The van der Waals surface area contributed by atoms with E-state index in [2.05, 4.69) is 20.4 Å². The first-order chi connectivity index (χ1) is 14.7. The molecule has 1 fully saturated rings. The highest BCUT2D eigenvalue weighted by atomic mass is 32.2. The predicted molar refractivity (Wildman–Crippen MR) is 118 cm³/mol. The fourth-order valence-electron chi connectivity index (χ4n) is 3.32. The molecule has 1 saturated heterocycles. The molecule has 0 bridgehead atoms. The standard InChI is InChI=1S/C22H25N5O2S/c1-17-7-5-6-10-19(17)23-21(28)16-30-22-25-24-20(15-26-11-13-29-14-12-26)27(22)18-8-3-2-4-9-18/h2-10H,11-16H2,1H3,(H,23,28). The maximum Gasteiger partial charge on any atom is 0.234 e. The Hall–Kier alpha value is -2.68. The van der Waals surface area contributed by atoms with Gasteiger partial charge < -0.3 is 10.1 Å². The molecule has 0 radical (unpaired) electrons. The number of hydrogen-bond acceptors (Lipinski definition) is 6. The Labute approximate surface area is 180 Å². The maximum absolute atomic E-state index is 12.5. The number of carbonyl (C=O) groups excluding carboxylic acids is 1. The minimum atomic E-state index is -0.0633. The number of benzene rings is 2. The zero-order valence-corrected chi connectivity index (χ0v) is 17.8. The van der Waals surface area contributed by atoms with E-state index < -0.39 is 0 Å². The van der Waals surface area contributed by atoms with Gasteiger partial charge >= 0.3 is 0 Å². The number of carbonyl (C=O) groups is 1. The number of nitrogens with zero attached hydrogens (tertiary/aromatic N) is 4. The van der Waals surface area contributed by atoms with Crippen LogP contribution in [0.2, 0.25) is 0 Å². The molecule has 30 heavy (non-hydrogen) atoms. The molecule has 1 aliphatic heterocycles. The van der Waals surface area contributed by atoms with Gasteiger partial charge in [-0.25, -0.2) is 0 Å². The van der Waals surface area contributed by atoms with Crippen molar-refractivity contribution in [3.05, 3.63) is 66.0 Å². The number of para-hydroxylation sites is 2. The van der Waals surface area contributed by atoms with Crippen molar-refractivity contribution in [2.24, 2.45) is 0 Å². The summed E-state index contributed by atoms with van der Waals surface area (Å²) in [5, 5.41) is 12.5. The van der Waals surface area contributed by atoms with E-state index >= 15 is 0 Å². The van der Waals surface area contributed by atoms with Gasteiger partial charge in [0, 0.05) is 24.5 Å². The molecule has 2 heterocycles. The van der Waals surface area contributed by atoms with Crippen LogP contribution in [0.25, 0.3) is 5.69 Å². The van der Waals surface area contributed by atoms with E-state index in [1.54, 1.807) is 0 Å². The third-order valence-corrected chi connectivity index (χ3v) is 5.86. The van der Waals surface area contributed by atoms with Gasteiger partial charge in [0.25, 0.3) is 0 Å². The SMILES string of the molecule is Cc1ccccc1NC(=O)CSc1nnc(CN2CCOCC2)n1-c1ccccc1. The van der Waals surface area contributed by atoms with Crippen LogP contribution in [0, 0.1) is 6.92 Å². The fourth-order valence-corrected chi connectivity index (χ4v) is 4.09. The van der Waals surface area contributed by atoms with E-state index in [-0.39, 0.29) is 11.7 Å². The van der Waals surface area contributed by atoms with Crippen LogP contribution in [0.1, 0.15) is 11.4 Å². The molecule has 3 aromatic rings. The van der Waals surface area contributed by atoms with Gasteiger partial charge in [-0.05, 0) is 30.7 Å². The Morgan fingerprint density at radius 1 is 1.07 bits per heavy atom. The highest BCUT2D eigenvalue weighted by Crippen LogP contribution is 2.23. The molecule has 0 atom stereocenters. The Morgan fingerprint density at radius 3 is 2.57 bits per heavy atom. The number of thioether (sulfide) groups is 1. The normalized spacial score (nSPS) is 14.6. The summed E-state index contributed by atoms with van der Waals surface area (Å²) >= 11 is 1.39. The number of ether oxygens (including phenoxy) is 1. The van der Waals surface area contributed by atoms with E-state index in [4.69, 9.17) is 4.74 Å². The summed E-state index contributed by atoms with van der Waals surface area (Å²) < 4.78 is 7.49. The lowest BCUT2D eigenvalue weighted by Gasteiger charge is -2.26. The van der Waals surface area contributed by atoms with E-state index in [9.17, 15) is 4.79 Å². The highest BCUT2D eigenvalue weighted by molar-refractivity contribution is 7.99. The minimum Gasteiger partial charge on any atom is -0.379 e. The van der Waals surface area contributed by atoms with Gasteiger partial charge in [-0.3, -0.25) is 14.3 Å². The lowest BCUT2D eigenvalue weighted by molar-refractivity contribution is -0.113. The molecule has 156 valence electrons. The minimum absolute atomic E-state index is 0.0633. The molecular formula is C22H25N5O2S. The van der Waals surface area contributed by atoms with Crippen molar-refractivity contribution in [3.8, 4) is 5.69 Å². The summed E-state index contributed by atoms with van der Waals surface area (Å²) in [6, 6.07) is 17.8. The van der Waals surface area contributed by atoms with Crippen LogP contribution in [0.15, 0.2) is 59.8 Å². The number of hydrogen-bond donors (Lipinski definition) is 1. The molecule has 8 heteroatoms. The summed E-state index contributed by atoms with van der Waals surface area (Å²) in [4.78, 5) is 14.8. The van der Waals surface area contributed by atoms with Gasteiger partial charge in [0.05, 0.1) is 25.5 Å². The van der Waals surface area contributed by atoms with E-state index in [1.165, 1.54) is 11.8 Å². The van der Waals surface area contributed by atoms with E-state index in [0.717, 1.165) is 49.1 Å². The average Bonchev–Trinajstić information content (AvgIpc) is 3.17. The average molecular weight is 424 g/mol. The molecule has 2 aromatic carbocycles. The lowest BCUT2D eigenvalue weighted by Crippen LogP contribution is -2.36. The Balaban J connectivity index is 1.49. The molecule has 7 nitrogen and oxygen atoms in total. The fraction of sp³-hybridized carbons (Fsp3) is 0.318. The van der Waals surface area contributed by atoms with Crippen LogP contribution in [-0.4, -0.2) is 57.6 Å². The number of nitrogens with one attached hydrogen (secondary N) is 1. The van der Waals surface area contributed by atoms with Crippen LogP contribution < -0.4 is 5.32 Å². The van der Waals surface area contributed by atoms with Crippen LogP contribution in [-0.2, 0) is 16.1 Å². The van der Waals surface area contributed by atoms with Crippen molar-refractivity contribution in [2.45, 2.75) is 18.6 Å². The second-order valence-electron chi connectivity index (χ2n) is 7.11. The highest BCUT2D eigenvalue weighted by Gasteiger charge is 2.19. The zero-order valence-electron chi connectivity index (χ0n) is 17.0. The van der Waals surface area contributed by atoms with Gasteiger partial charge in [-0.1, -0.05) is 48.2 Å². The van der Waals surface area contributed by atoms with Crippen molar-refractivity contribution in [1.82, 2.24) is 19.7 Å². The molecule has 1 N–H and O–H groups in total. The maximum atomic E-state index is 12.5. The molecule has 1 aliphatic rings. The topological polar surface area (TPSA) is 72.3 Å². The van der Waals surface area contributed by atoms with E-state index in [0.29, 0.717) is 11.7 Å². The second-order valence-corrected chi connectivity index (χ2v) is 8.05. The summed E-state index contributed by atoms with van der Waals surface area (Å²) in [6.07, 6.45) is 0. The van der Waals surface area contributed by atoms with Crippen LogP contribution in [0.5, 0.6) is 0 Å². The third kappa shape index (κ3) is 5.08. The smallest absolute Gasteiger partial charge is 0.234 e. The molecule has 0 saturated carbocycles. The number of amides is 1. The number of aromatic nitrogens is 3. The van der Waals surface area contributed by atoms with Gasteiger partial charge in [0.1, 0.15) is 0 Å². The molecule has 0 unspecified atom stereocenters. The van der Waals surface area contributed by atoms with Crippen molar-refractivity contribution in [1.29, 1.82) is 0 Å². The molecule has 0 spiro atoms. The monoisotopic (exact) mass is 423 g/mol. The van der Waals surface area contributed by atoms with Crippen LogP contribution >= 0.6 is 11.8 Å². The molecular weight excluding hydrogens is 398 g/mol. The quantitative estimate of drug-likeness (QED) is 0.589. The van der Waals surface area contributed by atoms with Crippen LogP contribution in [0.4, 0.5) is 5.69 Å². The first-order valence-electron chi connectivity index (χ1n) is 9.99. The Bertz CT molecular complexity index is 986. The van der Waals surface area contributed by atoms with Crippen molar-refractivity contribution < 1.29 is 9.53 Å². The largest absolute Gasteiger partial charge is 0.379 e. The number of anilines is 1. The number of rotatable bonds is 7. The molecule has 0 aliphatic carbocycles. The summed E-state index contributed by atoms with van der Waals surface area (Å²) in [5.74, 6) is 1.06. The molecule has 1 aromatic heterocycles. The van der Waals surface area contributed by atoms with Gasteiger partial charge in [-0.15, -0.1) is 10.2 Å². The van der Waals surface area contributed by atoms with Crippen molar-refractivity contribution >= 4 is 23.4 Å². The lowest BCUT2D eigenvalue weighted by atomic mass is 10.2. The summed E-state index contributed by atoms with van der Waals surface area (Å²) in [6.45, 7) is 5.90. The zero-order chi connectivity index (χ0) is 20.8. The van der Waals surface area contributed by atoms with Crippen molar-refractivity contribution in [2.75, 3.05) is 37.4 Å². The van der Waals surface area contributed by atoms with E-state index in [1.807, 2.05) is 66.1 Å². The summed E-state index contributed by atoms with van der Waals surface area (Å²) in [5.41, 5.74) is 2.87. The first-order valence-corrected chi connectivity index (χ1v) is 11.0.